The van der Waals surface area contributed by atoms with E-state index in [1.807, 2.05) is 31.2 Å². The highest BCUT2D eigenvalue weighted by Crippen LogP contribution is 2.29. The molecular weight excluding hydrogens is 364 g/mol. The summed E-state index contributed by atoms with van der Waals surface area (Å²) in [5.74, 6) is 5.37. The van der Waals surface area contributed by atoms with Crippen molar-refractivity contribution in [3.8, 4) is 11.4 Å². The van der Waals surface area contributed by atoms with Gasteiger partial charge < -0.3 is 4.74 Å². The van der Waals surface area contributed by atoms with E-state index in [0.717, 1.165) is 15.1 Å². The summed E-state index contributed by atoms with van der Waals surface area (Å²) in [5.41, 5.74) is 3.42. The molecule has 1 amide bonds. The zero-order chi connectivity index (χ0) is 19.4. The number of amides is 1. The number of nitrogens with two attached hydrogens (primary N) is 1. The maximum atomic E-state index is 12.6. The van der Waals surface area contributed by atoms with E-state index >= 15 is 0 Å². The van der Waals surface area contributed by atoms with Crippen LogP contribution in [0.15, 0.2) is 69.2 Å². The average molecular weight is 382 g/mol. The molecule has 27 heavy (non-hydrogen) atoms. The van der Waals surface area contributed by atoms with Crippen LogP contribution in [-0.2, 0) is 0 Å². The number of rotatable bonds is 5. The van der Waals surface area contributed by atoms with E-state index < -0.39 is 5.91 Å². The standard InChI is InChI=1S/C19H18N4O3S/c1-12-3-9-15(10-4-12)27-16-11-17(24)23(22-18(16)19(25)21-20)13-5-7-14(26-2)8-6-13/h3-11H,20H2,1-2H3,(H,21,25). The maximum absolute atomic E-state index is 12.6. The summed E-state index contributed by atoms with van der Waals surface area (Å²) in [6.45, 7) is 1.99. The van der Waals surface area contributed by atoms with E-state index in [9.17, 15) is 9.59 Å². The molecule has 1 heterocycles. The van der Waals surface area contributed by atoms with Gasteiger partial charge in [-0.15, -0.1) is 0 Å². The van der Waals surface area contributed by atoms with Gasteiger partial charge in [-0.05, 0) is 43.3 Å². The minimum atomic E-state index is -0.577. The molecule has 0 bridgehead atoms. The highest BCUT2D eigenvalue weighted by Gasteiger charge is 2.17. The van der Waals surface area contributed by atoms with Crippen molar-refractivity contribution in [3.63, 3.8) is 0 Å². The largest absolute Gasteiger partial charge is 0.497 e. The topological polar surface area (TPSA) is 99.2 Å². The van der Waals surface area contributed by atoms with Crippen LogP contribution in [0.1, 0.15) is 16.1 Å². The Morgan fingerprint density at radius 2 is 1.81 bits per heavy atom. The van der Waals surface area contributed by atoms with Crippen LogP contribution in [-0.4, -0.2) is 22.8 Å². The van der Waals surface area contributed by atoms with Gasteiger partial charge in [-0.2, -0.15) is 9.78 Å². The van der Waals surface area contributed by atoms with Gasteiger partial charge in [0.2, 0.25) is 0 Å². The summed E-state index contributed by atoms with van der Waals surface area (Å²) >= 11 is 1.28. The van der Waals surface area contributed by atoms with Crippen molar-refractivity contribution >= 4 is 17.7 Å². The molecule has 0 aliphatic heterocycles. The Hall–Kier alpha value is -3.10. The van der Waals surface area contributed by atoms with Crippen molar-refractivity contribution in [1.82, 2.24) is 15.2 Å². The van der Waals surface area contributed by atoms with Crippen LogP contribution >= 0.6 is 11.8 Å². The number of hydrazine groups is 1. The summed E-state index contributed by atoms with van der Waals surface area (Å²) in [4.78, 5) is 26.1. The Morgan fingerprint density at radius 1 is 1.15 bits per heavy atom. The van der Waals surface area contributed by atoms with Gasteiger partial charge in [0.15, 0.2) is 5.69 Å². The number of hydrogen-bond donors (Lipinski definition) is 2. The number of nitrogen functional groups attached to an aromatic ring is 1. The van der Waals surface area contributed by atoms with Gasteiger partial charge in [0.05, 0.1) is 17.7 Å². The lowest BCUT2D eigenvalue weighted by Crippen LogP contribution is -2.34. The second-order valence-electron chi connectivity index (χ2n) is 5.69. The number of carbonyl (C=O) groups excluding carboxylic acids is 1. The molecule has 0 atom stereocenters. The highest BCUT2D eigenvalue weighted by atomic mass is 32.2. The van der Waals surface area contributed by atoms with Gasteiger partial charge in [-0.1, -0.05) is 29.5 Å². The van der Waals surface area contributed by atoms with E-state index in [2.05, 4.69) is 10.5 Å². The molecule has 1 aromatic heterocycles. The molecule has 2 aromatic carbocycles. The zero-order valence-corrected chi connectivity index (χ0v) is 15.6. The average Bonchev–Trinajstić information content (AvgIpc) is 2.69. The minimum absolute atomic E-state index is 0.0680. The molecule has 0 aliphatic carbocycles. The fraction of sp³-hybridized carbons (Fsp3) is 0.105. The van der Waals surface area contributed by atoms with Gasteiger partial charge in [-0.3, -0.25) is 15.0 Å². The number of aromatic nitrogens is 2. The number of ether oxygens (including phenoxy) is 1. The summed E-state index contributed by atoms with van der Waals surface area (Å²) < 4.78 is 6.27. The van der Waals surface area contributed by atoms with Gasteiger partial charge in [-0.25, -0.2) is 5.84 Å². The van der Waals surface area contributed by atoms with Crippen LogP contribution in [0, 0.1) is 6.92 Å². The molecule has 3 aromatic rings. The van der Waals surface area contributed by atoms with E-state index in [4.69, 9.17) is 10.6 Å². The highest BCUT2D eigenvalue weighted by molar-refractivity contribution is 7.99. The van der Waals surface area contributed by atoms with Crippen LogP contribution in [0.5, 0.6) is 5.75 Å². The van der Waals surface area contributed by atoms with Crippen molar-refractivity contribution in [2.75, 3.05) is 7.11 Å². The second-order valence-corrected chi connectivity index (χ2v) is 6.81. The van der Waals surface area contributed by atoms with Gasteiger partial charge in [0.25, 0.3) is 11.5 Å². The SMILES string of the molecule is COc1ccc(-n2nc(C(=O)NN)c(Sc3ccc(C)cc3)cc2=O)cc1. The Morgan fingerprint density at radius 3 is 2.41 bits per heavy atom. The predicted octanol–water partition coefficient (Wildman–Crippen LogP) is 2.30. The maximum Gasteiger partial charge on any atom is 0.286 e. The van der Waals surface area contributed by atoms with Crippen LogP contribution in [0.2, 0.25) is 0 Å². The fourth-order valence-electron chi connectivity index (χ4n) is 2.39. The Labute approximate surface area is 160 Å². The first kappa shape index (κ1) is 18.7. The number of nitrogens with zero attached hydrogens (tertiary/aromatic N) is 2. The molecule has 8 heteroatoms. The van der Waals surface area contributed by atoms with Gasteiger partial charge >= 0.3 is 0 Å². The number of benzene rings is 2. The zero-order valence-electron chi connectivity index (χ0n) is 14.8. The Balaban J connectivity index is 2.06. The quantitative estimate of drug-likeness (QED) is 0.399. The Kier molecular flexibility index (Phi) is 5.58. The van der Waals surface area contributed by atoms with Crippen molar-refractivity contribution < 1.29 is 9.53 Å². The summed E-state index contributed by atoms with van der Waals surface area (Å²) in [5, 5.41) is 4.23. The third-order valence-electron chi connectivity index (χ3n) is 3.81. The molecule has 138 valence electrons. The van der Waals surface area contributed by atoms with Crippen molar-refractivity contribution in [2.45, 2.75) is 16.7 Å². The fourth-order valence-corrected chi connectivity index (χ4v) is 3.30. The Bertz CT molecular complexity index is 1010. The predicted molar refractivity (Wildman–Crippen MR) is 103 cm³/mol. The van der Waals surface area contributed by atoms with Gasteiger partial charge in [0, 0.05) is 11.0 Å². The number of methoxy groups -OCH3 is 1. The summed E-state index contributed by atoms with van der Waals surface area (Å²) in [6, 6.07) is 15.9. The van der Waals surface area contributed by atoms with Crippen LogP contribution in [0.25, 0.3) is 5.69 Å². The molecule has 0 unspecified atom stereocenters. The first-order chi connectivity index (χ1) is 13.0. The van der Waals surface area contributed by atoms with Gasteiger partial charge in [0.1, 0.15) is 5.75 Å². The molecule has 0 saturated heterocycles. The minimum Gasteiger partial charge on any atom is -0.497 e. The number of nitrogens with one attached hydrogen (secondary N) is 1. The van der Waals surface area contributed by atoms with Crippen molar-refractivity contribution in [2.24, 2.45) is 5.84 Å². The van der Waals surface area contributed by atoms with E-state index in [1.165, 1.54) is 17.8 Å². The second kappa shape index (κ2) is 8.07. The monoisotopic (exact) mass is 382 g/mol. The smallest absolute Gasteiger partial charge is 0.286 e. The van der Waals surface area contributed by atoms with Crippen LogP contribution < -0.4 is 21.6 Å². The lowest BCUT2D eigenvalue weighted by Gasteiger charge is -2.11. The van der Waals surface area contributed by atoms with Crippen LogP contribution in [0.3, 0.4) is 0 Å². The third kappa shape index (κ3) is 4.18. The number of carbonyl (C=O) groups is 1. The van der Waals surface area contributed by atoms with Crippen LogP contribution in [0.4, 0.5) is 0 Å². The van der Waals surface area contributed by atoms with Crippen molar-refractivity contribution in [1.29, 1.82) is 0 Å². The lowest BCUT2D eigenvalue weighted by molar-refractivity contribution is 0.0943. The molecule has 3 N–H and O–H groups in total. The molecule has 0 fully saturated rings. The summed E-state index contributed by atoms with van der Waals surface area (Å²) in [6.07, 6.45) is 0. The van der Waals surface area contributed by atoms with E-state index in [0.29, 0.717) is 16.3 Å². The molecule has 0 radical (unpaired) electrons. The van der Waals surface area contributed by atoms with E-state index in [1.54, 1.807) is 31.4 Å². The third-order valence-corrected chi connectivity index (χ3v) is 4.85. The normalized spacial score (nSPS) is 10.5. The number of aryl methyl sites for hydroxylation is 1. The van der Waals surface area contributed by atoms with Crippen molar-refractivity contribution in [3.05, 3.63) is 76.2 Å². The number of hydrogen-bond acceptors (Lipinski definition) is 6. The lowest BCUT2D eigenvalue weighted by atomic mass is 10.2. The molecule has 7 nitrogen and oxygen atoms in total. The summed E-state index contributed by atoms with van der Waals surface area (Å²) in [7, 11) is 1.56. The molecule has 0 aliphatic rings. The molecule has 0 spiro atoms. The molecule has 3 rings (SSSR count). The molecule has 0 saturated carbocycles. The van der Waals surface area contributed by atoms with E-state index in [-0.39, 0.29) is 11.3 Å². The molecular formula is C19H18N4O3S. The first-order valence-electron chi connectivity index (χ1n) is 8.06. The first-order valence-corrected chi connectivity index (χ1v) is 8.87.